The molecule has 1 amide bonds. The number of amides is 1. The molecule has 0 atom stereocenters. The molecule has 0 unspecified atom stereocenters. The molecule has 16 heavy (non-hydrogen) atoms. The fourth-order valence-corrected chi connectivity index (χ4v) is 1.45. The van der Waals surface area contributed by atoms with Crippen molar-refractivity contribution >= 4 is 11.6 Å². The van der Waals surface area contributed by atoms with E-state index in [4.69, 9.17) is 0 Å². The van der Waals surface area contributed by atoms with Crippen molar-refractivity contribution < 1.29 is 4.79 Å². The Kier molecular flexibility index (Phi) is 3.93. The zero-order valence-corrected chi connectivity index (χ0v) is 10.4. The maximum Gasteiger partial charge on any atom is 0.239 e. The summed E-state index contributed by atoms with van der Waals surface area (Å²) < 4.78 is 0. The molecule has 3 heteroatoms. The molecule has 0 heterocycles. The molecule has 0 aromatic heterocycles. The largest absolute Gasteiger partial charge is 0.365 e. The number of carbonyl (C=O) groups excluding carboxylic acids is 1. The molecule has 1 rings (SSSR count). The summed E-state index contributed by atoms with van der Waals surface area (Å²) in [6.45, 7) is 6.32. The topological polar surface area (TPSA) is 32.3 Å². The molecule has 1 N–H and O–H groups in total. The highest BCUT2D eigenvalue weighted by Crippen LogP contribution is 2.10. The smallest absolute Gasteiger partial charge is 0.239 e. The summed E-state index contributed by atoms with van der Waals surface area (Å²) in [7, 11) is 1.91. The molecular formula is C13H20N2O. The monoisotopic (exact) mass is 220 g/mol. The number of hydrogen-bond acceptors (Lipinski definition) is 2. The summed E-state index contributed by atoms with van der Waals surface area (Å²) in [4.78, 5) is 13.6. The summed E-state index contributed by atoms with van der Waals surface area (Å²) in [5.74, 6) is 0.0406. The van der Waals surface area contributed by atoms with Gasteiger partial charge in [-0.05, 0) is 32.9 Å². The van der Waals surface area contributed by atoms with Gasteiger partial charge in [0.25, 0.3) is 0 Å². The van der Waals surface area contributed by atoms with Gasteiger partial charge in [0, 0.05) is 18.3 Å². The van der Waals surface area contributed by atoms with Crippen LogP contribution in [0.4, 0.5) is 5.69 Å². The summed E-state index contributed by atoms with van der Waals surface area (Å²) in [5, 5.41) is 2.94. The maximum atomic E-state index is 11.7. The van der Waals surface area contributed by atoms with E-state index in [2.05, 4.69) is 5.32 Å². The van der Waals surface area contributed by atoms with E-state index in [-0.39, 0.29) is 11.4 Å². The van der Waals surface area contributed by atoms with Crippen LogP contribution < -0.4 is 10.2 Å². The maximum absolute atomic E-state index is 11.7. The minimum absolute atomic E-state index is 0.0406. The molecule has 0 saturated carbocycles. The van der Waals surface area contributed by atoms with Gasteiger partial charge in [0.05, 0.1) is 6.54 Å². The molecule has 0 bridgehead atoms. The molecule has 0 aliphatic carbocycles. The molecule has 0 spiro atoms. The number of para-hydroxylation sites is 1. The van der Waals surface area contributed by atoms with Gasteiger partial charge < -0.3 is 10.2 Å². The molecule has 88 valence electrons. The fraction of sp³-hybridized carbons (Fsp3) is 0.462. The third kappa shape index (κ3) is 4.34. The van der Waals surface area contributed by atoms with Crippen LogP contribution in [-0.4, -0.2) is 25.0 Å². The third-order valence-corrected chi connectivity index (χ3v) is 2.09. The third-order valence-electron chi connectivity index (χ3n) is 2.09. The number of carbonyl (C=O) groups is 1. The quantitative estimate of drug-likeness (QED) is 0.845. The summed E-state index contributed by atoms with van der Waals surface area (Å²) in [6, 6.07) is 9.88. The first-order valence-electron chi connectivity index (χ1n) is 5.46. The highest BCUT2D eigenvalue weighted by Gasteiger charge is 2.14. The van der Waals surface area contributed by atoms with E-state index in [1.54, 1.807) is 0 Å². The zero-order valence-electron chi connectivity index (χ0n) is 10.4. The highest BCUT2D eigenvalue weighted by atomic mass is 16.2. The van der Waals surface area contributed by atoms with Crippen LogP contribution >= 0.6 is 0 Å². The molecule has 0 aliphatic rings. The van der Waals surface area contributed by atoms with Crippen LogP contribution in [-0.2, 0) is 4.79 Å². The summed E-state index contributed by atoms with van der Waals surface area (Å²) >= 11 is 0. The number of rotatable bonds is 3. The van der Waals surface area contributed by atoms with Crippen LogP contribution in [0.3, 0.4) is 0 Å². The number of nitrogens with zero attached hydrogens (tertiary/aromatic N) is 1. The predicted molar refractivity (Wildman–Crippen MR) is 67.6 cm³/mol. The van der Waals surface area contributed by atoms with Gasteiger partial charge in [-0.15, -0.1) is 0 Å². The second kappa shape index (κ2) is 5.01. The van der Waals surface area contributed by atoms with Crippen molar-refractivity contribution in [1.82, 2.24) is 5.32 Å². The Morgan fingerprint density at radius 2 is 1.81 bits per heavy atom. The van der Waals surface area contributed by atoms with Crippen molar-refractivity contribution in [3.05, 3.63) is 30.3 Å². The van der Waals surface area contributed by atoms with Crippen LogP contribution in [0.15, 0.2) is 30.3 Å². The average molecular weight is 220 g/mol. The van der Waals surface area contributed by atoms with E-state index in [9.17, 15) is 4.79 Å². The van der Waals surface area contributed by atoms with Gasteiger partial charge in [-0.25, -0.2) is 0 Å². The Bertz CT molecular complexity index is 341. The fourth-order valence-electron chi connectivity index (χ4n) is 1.45. The lowest BCUT2D eigenvalue weighted by Gasteiger charge is -2.24. The minimum Gasteiger partial charge on any atom is -0.365 e. The Hall–Kier alpha value is -1.51. The van der Waals surface area contributed by atoms with Crippen LogP contribution in [0, 0.1) is 0 Å². The molecule has 1 aromatic carbocycles. The first-order valence-corrected chi connectivity index (χ1v) is 5.46. The molecular weight excluding hydrogens is 200 g/mol. The first-order chi connectivity index (χ1) is 7.38. The second-order valence-electron chi connectivity index (χ2n) is 4.99. The average Bonchev–Trinajstić information content (AvgIpc) is 2.16. The number of hydrogen-bond donors (Lipinski definition) is 1. The molecule has 3 nitrogen and oxygen atoms in total. The van der Waals surface area contributed by atoms with Gasteiger partial charge >= 0.3 is 0 Å². The molecule has 0 fully saturated rings. The van der Waals surface area contributed by atoms with Gasteiger partial charge in [0.2, 0.25) is 5.91 Å². The van der Waals surface area contributed by atoms with E-state index in [1.807, 2.05) is 63.1 Å². The van der Waals surface area contributed by atoms with E-state index >= 15 is 0 Å². The van der Waals surface area contributed by atoms with E-state index in [0.29, 0.717) is 6.54 Å². The van der Waals surface area contributed by atoms with Gasteiger partial charge in [-0.1, -0.05) is 18.2 Å². The van der Waals surface area contributed by atoms with Crippen LogP contribution in [0.25, 0.3) is 0 Å². The number of nitrogens with one attached hydrogen (secondary N) is 1. The van der Waals surface area contributed by atoms with Gasteiger partial charge in [0.1, 0.15) is 0 Å². The van der Waals surface area contributed by atoms with Crippen molar-refractivity contribution in [3.8, 4) is 0 Å². The van der Waals surface area contributed by atoms with Crippen LogP contribution in [0.2, 0.25) is 0 Å². The number of likely N-dealkylation sites (N-methyl/N-ethyl adjacent to an activating group) is 1. The minimum atomic E-state index is -0.172. The van der Waals surface area contributed by atoms with E-state index < -0.39 is 0 Å². The van der Waals surface area contributed by atoms with Gasteiger partial charge in [-0.3, -0.25) is 4.79 Å². The summed E-state index contributed by atoms with van der Waals surface area (Å²) in [6.07, 6.45) is 0. The van der Waals surface area contributed by atoms with E-state index in [0.717, 1.165) is 5.69 Å². The highest BCUT2D eigenvalue weighted by molar-refractivity contribution is 5.81. The van der Waals surface area contributed by atoms with Crippen molar-refractivity contribution in [3.63, 3.8) is 0 Å². The van der Waals surface area contributed by atoms with Crippen LogP contribution in [0.1, 0.15) is 20.8 Å². The lowest BCUT2D eigenvalue weighted by Crippen LogP contribution is -2.45. The molecule has 1 aromatic rings. The van der Waals surface area contributed by atoms with E-state index in [1.165, 1.54) is 0 Å². The van der Waals surface area contributed by atoms with Crippen LogP contribution in [0.5, 0.6) is 0 Å². The zero-order chi connectivity index (χ0) is 12.2. The standard InChI is InChI=1S/C13H20N2O/c1-13(2,3)14-12(16)10-15(4)11-8-6-5-7-9-11/h5-9H,10H2,1-4H3,(H,14,16). The van der Waals surface area contributed by atoms with Crippen molar-refractivity contribution in [2.75, 3.05) is 18.5 Å². The van der Waals surface area contributed by atoms with Crippen molar-refractivity contribution in [1.29, 1.82) is 0 Å². The summed E-state index contributed by atoms with van der Waals surface area (Å²) in [5.41, 5.74) is 0.876. The predicted octanol–water partition coefficient (Wildman–Crippen LogP) is 2.04. The van der Waals surface area contributed by atoms with Gasteiger partial charge in [0.15, 0.2) is 0 Å². The lowest BCUT2D eigenvalue weighted by molar-refractivity contribution is -0.121. The Labute approximate surface area is 97.5 Å². The Balaban J connectivity index is 2.52. The molecule has 0 radical (unpaired) electrons. The van der Waals surface area contributed by atoms with Crippen molar-refractivity contribution in [2.24, 2.45) is 0 Å². The van der Waals surface area contributed by atoms with Gasteiger partial charge in [-0.2, -0.15) is 0 Å². The lowest BCUT2D eigenvalue weighted by atomic mass is 10.1. The Morgan fingerprint density at radius 3 is 2.31 bits per heavy atom. The molecule has 0 aliphatic heterocycles. The number of benzene rings is 1. The first kappa shape index (κ1) is 12.6. The van der Waals surface area contributed by atoms with Crippen molar-refractivity contribution in [2.45, 2.75) is 26.3 Å². The SMILES string of the molecule is CN(CC(=O)NC(C)(C)C)c1ccccc1. The molecule has 0 saturated heterocycles. The Morgan fingerprint density at radius 1 is 1.25 bits per heavy atom. The normalized spacial score (nSPS) is 11.0. The number of anilines is 1. The second-order valence-corrected chi connectivity index (χ2v) is 4.99.